The van der Waals surface area contributed by atoms with Gasteiger partial charge >= 0.3 is 17.4 Å². The molecule has 258 valence electrons. The number of halogens is 3. The molecule has 0 fully saturated rings. The molecule has 0 aliphatic rings. The summed E-state index contributed by atoms with van der Waals surface area (Å²) >= 11 is 0. The summed E-state index contributed by atoms with van der Waals surface area (Å²) in [6.45, 7) is 3.53. The molecule has 0 saturated heterocycles. The van der Waals surface area contributed by atoms with Gasteiger partial charge in [0.05, 0.1) is 11.6 Å². The molecule has 0 aromatic heterocycles. The van der Waals surface area contributed by atoms with Gasteiger partial charge in [0.25, 0.3) is 9.84 Å². The van der Waals surface area contributed by atoms with Crippen molar-refractivity contribution in [2.45, 2.75) is 63.2 Å². The third-order valence-corrected chi connectivity index (χ3v) is 8.43. The van der Waals surface area contributed by atoms with Gasteiger partial charge in [0.2, 0.25) is 11.8 Å². The average Bonchev–Trinajstić information content (AvgIpc) is 3.04. The summed E-state index contributed by atoms with van der Waals surface area (Å²) in [5.41, 5.74) is -4.04. The summed E-state index contributed by atoms with van der Waals surface area (Å²) in [6, 6.07) is 21.0. The minimum absolute atomic E-state index is 0.0554. The Balaban J connectivity index is 1.82. The van der Waals surface area contributed by atoms with Crippen molar-refractivity contribution in [2.24, 2.45) is 5.92 Å². The van der Waals surface area contributed by atoms with Crippen LogP contribution in [0.25, 0.3) is 0 Å². The van der Waals surface area contributed by atoms with Crippen molar-refractivity contribution in [1.82, 2.24) is 16.0 Å². The Hall–Kier alpha value is -4.56. The van der Waals surface area contributed by atoms with E-state index in [1.165, 1.54) is 12.1 Å². The van der Waals surface area contributed by atoms with E-state index < -0.39 is 63.1 Å². The van der Waals surface area contributed by atoms with E-state index in [2.05, 4.69) is 16.0 Å². The number of hydrogen-bond acceptors (Lipinski definition) is 8. The molecule has 0 unspecified atom stereocenters. The number of amides is 2. The molecule has 3 rings (SSSR count). The lowest BCUT2D eigenvalue weighted by Gasteiger charge is -2.26. The Morgan fingerprint density at radius 3 is 1.77 bits per heavy atom. The fraction of sp³-hybridized carbons (Fsp3) is 0.353. The lowest BCUT2D eigenvalue weighted by Crippen LogP contribution is -2.56. The Labute approximate surface area is 277 Å². The maximum Gasteiger partial charge on any atom is 0.498 e. The van der Waals surface area contributed by atoms with Crippen molar-refractivity contribution in [3.63, 3.8) is 0 Å². The molecule has 0 aliphatic heterocycles. The van der Waals surface area contributed by atoms with E-state index in [1.807, 2.05) is 0 Å². The van der Waals surface area contributed by atoms with Crippen LogP contribution in [0.5, 0.6) is 0 Å². The minimum atomic E-state index is -5.61. The van der Waals surface area contributed by atoms with Gasteiger partial charge < -0.3 is 15.4 Å². The molecule has 0 heterocycles. The van der Waals surface area contributed by atoms with Crippen molar-refractivity contribution in [3.05, 3.63) is 108 Å². The molecule has 0 aliphatic carbocycles. The SMILES string of the molecule is CC(C)C[C@H](NC(=O)[C@H](CCc1ccccc1)NCS(=O)(=O)C(F)(F)F)C(=O)N[C@@H](Cc1ccccc1)C(=O)OC(=O)c1ccccc1. The zero-order valence-electron chi connectivity index (χ0n) is 26.4. The Bertz CT molecular complexity index is 1620. The van der Waals surface area contributed by atoms with Gasteiger partial charge in [-0.3, -0.25) is 14.9 Å². The van der Waals surface area contributed by atoms with Crippen LogP contribution in [0, 0.1) is 5.92 Å². The van der Waals surface area contributed by atoms with Crippen molar-refractivity contribution in [3.8, 4) is 0 Å². The van der Waals surface area contributed by atoms with Crippen molar-refractivity contribution in [1.29, 1.82) is 0 Å². The van der Waals surface area contributed by atoms with Gasteiger partial charge in [0, 0.05) is 6.42 Å². The molecule has 0 bridgehead atoms. The second-order valence-corrected chi connectivity index (χ2v) is 13.5. The first-order valence-electron chi connectivity index (χ1n) is 15.2. The lowest BCUT2D eigenvalue weighted by molar-refractivity contribution is -0.143. The number of rotatable bonds is 16. The van der Waals surface area contributed by atoms with E-state index in [0.717, 1.165) is 5.56 Å². The minimum Gasteiger partial charge on any atom is -0.388 e. The molecular weight excluding hydrogens is 651 g/mol. The predicted octanol–water partition coefficient (Wildman–Crippen LogP) is 4.11. The van der Waals surface area contributed by atoms with Gasteiger partial charge in [-0.1, -0.05) is 92.7 Å². The van der Waals surface area contributed by atoms with Gasteiger partial charge in [0.1, 0.15) is 18.0 Å². The fourth-order valence-corrected chi connectivity index (χ4v) is 5.24. The van der Waals surface area contributed by atoms with Gasteiger partial charge in [0.15, 0.2) is 0 Å². The number of benzene rings is 3. The summed E-state index contributed by atoms with van der Waals surface area (Å²) in [7, 11) is -5.61. The molecule has 3 atom stereocenters. The van der Waals surface area contributed by atoms with Crippen LogP contribution in [0.15, 0.2) is 91.0 Å². The van der Waals surface area contributed by atoms with Crippen LogP contribution < -0.4 is 16.0 Å². The van der Waals surface area contributed by atoms with Gasteiger partial charge in [-0.25, -0.2) is 18.0 Å². The first-order valence-corrected chi connectivity index (χ1v) is 16.8. The first-order chi connectivity index (χ1) is 22.7. The van der Waals surface area contributed by atoms with Crippen LogP contribution in [0.3, 0.4) is 0 Å². The first kappa shape index (κ1) is 37.9. The smallest absolute Gasteiger partial charge is 0.388 e. The van der Waals surface area contributed by atoms with Crippen molar-refractivity contribution in [2.75, 3.05) is 5.88 Å². The quantitative estimate of drug-likeness (QED) is 0.150. The summed E-state index contributed by atoms with van der Waals surface area (Å²) in [5, 5.41) is 7.29. The molecule has 3 N–H and O–H groups in total. The molecule has 0 spiro atoms. The van der Waals surface area contributed by atoms with E-state index in [9.17, 15) is 40.8 Å². The topological polar surface area (TPSA) is 148 Å². The van der Waals surface area contributed by atoms with Crippen LogP contribution >= 0.6 is 0 Å². The number of alkyl halides is 3. The predicted molar refractivity (Wildman–Crippen MR) is 172 cm³/mol. The van der Waals surface area contributed by atoms with Crippen LogP contribution in [0.2, 0.25) is 0 Å². The zero-order chi connectivity index (χ0) is 35.3. The van der Waals surface area contributed by atoms with Crippen LogP contribution in [0.4, 0.5) is 13.2 Å². The van der Waals surface area contributed by atoms with Crippen LogP contribution in [-0.2, 0) is 41.8 Å². The van der Waals surface area contributed by atoms with E-state index in [0.29, 0.717) is 5.56 Å². The number of hydrogen-bond donors (Lipinski definition) is 3. The number of nitrogens with one attached hydrogen (secondary N) is 3. The van der Waals surface area contributed by atoms with Gasteiger partial charge in [-0.05, 0) is 48.4 Å². The number of sulfone groups is 1. The van der Waals surface area contributed by atoms with E-state index >= 15 is 0 Å². The molecule has 48 heavy (non-hydrogen) atoms. The highest BCUT2D eigenvalue weighted by atomic mass is 32.2. The third-order valence-electron chi connectivity index (χ3n) is 7.18. The average molecular weight is 690 g/mol. The summed E-state index contributed by atoms with van der Waals surface area (Å²) in [5.74, 6) is -5.43. The highest BCUT2D eigenvalue weighted by Crippen LogP contribution is 2.23. The number of ether oxygens (including phenoxy) is 1. The zero-order valence-corrected chi connectivity index (χ0v) is 27.2. The molecule has 10 nitrogen and oxygen atoms in total. The van der Waals surface area contributed by atoms with E-state index in [1.54, 1.807) is 92.7 Å². The number of carbonyl (C=O) groups is 4. The third kappa shape index (κ3) is 11.9. The molecule has 0 radical (unpaired) electrons. The molecular formula is C34H38F3N3O7S. The monoisotopic (exact) mass is 689 g/mol. The Morgan fingerprint density at radius 2 is 1.23 bits per heavy atom. The molecule has 3 aromatic rings. The number of carbonyl (C=O) groups excluding carboxylic acids is 4. The second-order valence-electron chi connectivity index (χ2n) is 11.5. The standard InChI is InChI=1S/C34H38F3N3O7S/c1-23(2)20-28(39-30(41)27(19-18-24-12-6-3-7-13-24)38-22-48(45,46)34(35,36)37)31(42)40-29(21-25-14-8-4-9-15-25)33(44)47-32(43)26-16-10-5-11-17-26/h3-17,23,27-29,38H,18-22H2,1-2H3,(H,39,41)(H,40,42)/t27-,28-,29-/m0/s1. The van der Waals surface area contributed by atoms with Crippen LogP contribution in [-0.4, -0.2) is 61.7 Å². The maximum absolute atomic E-state index is 13.6. The lowest BCUT2D eigenvalue weighted by atomic mass is 10.00. The molecule has 3 aromatic carbocycles. The summed E-state index contributed by atoms with van der Waals surface area (Å²) in [6.07, 6.45) is 0.107. The normalized spacial score (nSPS) is 13.6. The van der Waals surface area contributed by atoms with E-state index in [4.69, 9.17) is 4.74 Å². The Morgan fingerprint density at radius 1 is 0.729 bits per heavy atom. The summed E-state index contributed by atoms with van der Waals surface area (Å²) < 4.78 is 67.9. The van der Waals surface area contributed by atoms with Crippen molar-refractivity contribution < 1.29 is 45.5 Å². The van der Waals surface area contributed by atoms with Gasteiger partial charge in [-0.2, -0.15) is 13.2 Å². The van der Waals surface area contributed by atoms with Crippen LogP contribution in [0.1, 0.15) is 48.2 Å². The molecule has 0 saturated carbocycles. The molecule has 14 heteroatoms. The summed E-state index contributed by atoms with van der Waals surface area (Å²) in [4.78, 5) is 53.0. The molecule has 2 amide bonds. The fourth-order valence-electron chi connectivity index (χ4n) is 4.66. The highest BCUT2D eigenvalue weighted by molar-refractivity contribution is 7.92. The van der Waals surface area contributed by atoms with E-state index in [-0.39, 0.29) is 37.2 Å². The number of aryl methyl sites for hydroxylation is 1. The van der Waals surface area contributed by atoms with Gasteiger partial charge in [-0.15, -0.1) is 0 Å². The largest absolute Gasteiger partial charge is 0.498 e. The number of esters is 2. The van der Waals surface area contributed by atoms with Crippen molar-refractivity contribution >= 4 is 33.6 Å². The maximum atomic E-state index is 13.6. The second kappa shape index (κ2) is 17.6. The highest BCUT2D eigenvalue weighted by Gasteiger charge is 2.45. The Kier molecular flexibility index (Phi) is 13.9.